The Morgan fingerprint density at radius 3 is 1.00 bits per heavy atom. The van der Waals surface area contributed by atoms with Crippen molar-refractivity contribution in [2.75, 3.05) is 0 Å². The van der Waals surface area contributed by atoms with Crippen LogP contribution in [-0.2, 0) is 19.5 Å². The molecule has 0 aliphatic carbocycles. The van der Waals surface area contributed by atoms with Crippen molar-refractivity contribution < 1.29 is 56.8 Å². The van der Waals surface area contributed by atoms with Crippen molar-refractivity contribution >= 4 is 41.9 Å². The van der Waals surface area contributed by atoms with E-state index in [-0.39, 0.29) is 98.7 Å². The third kappa shape index (κ3) is 8.97. The molecule has 0 rings (SSSR count). The van der Waals surface area contributed by atoms with Gasteiger partial charge in [0, 0.05) is 56.8 Å². The van der Waals surface area contributed by atoms with Gasteiger partial charge < -0.3 is 0 Å². The van der Waals surface area contributed by atoms with Crippen LogP contribution in [0.3, 0.4) is 0 Å². The summed E-state index contributed by atoms with van der Waals surface area (Å²) in [5.74, 6) is 0. The third-order valence-electron chi connectivity index (χ3n) is 0. The van der Waals surface area contributed by atoms with Crippen LogP contribution in [0.4, 0.5) is 0 Å². The zero-order valence-electron chi connectivity index (χ0n) is 0.996. The van der Waals surface area contributed by atoms with Crippen molar-refractivity contribution in [2.24, 2.45) is 0 Å². The zero-order valence-corrected chi connectivity index (χ0v) is 5.82. The van der Waals surface area contributed by atoms with Crippen LogP contribution in [0.1, 0.15) is 0 Å². The maximum absolute atomic E-state index is 0. The Morgan fingerprint density at radius 2 is 1.00 bits per heavy atom. The van der Waals surface area contributed by atoms with Crippen LogP contribution in [0.2, 0.25) is 0 Å². The zero-order chi connectivity index (χ0) is 0. The third-order valence-corrected chi connectivity index (χ3v) is 0. The van der Waals surface area contributed by atoms with Crippen LogP contribution in [0.25, 0.3) is 0 Å². The molecule has 0 aromatic rings. The van der Waals surface area contributed by atoms with E-state index in [0.717, 1.165) is 0 Å². The van der Waals surface area contributed by atoms with Gasteiger partial charge >= 0.3 is 41.9 Å². The second-order valence-corrected chi connectivity index (χ2v) is 0. The molecule has 20 valence electrons. The van der Waals surface area contributed by atoms with Gasteiger partial charge in [0.1, 0.15) is 0 Å². The molecule has 0 unspecified atom stereocenters. The topological polar surface area (TPSA) is 0 Å². The average molecular weight is 267 g/mol. The first-order valence-corrected chi connectivity index (χ1v) is 0. The van der Waals surface area contributed by atoms with Crippen molar-refractivity contribution in [1.82, 2.24) is 0 Å². The van der Waals surface area contributed by atoms with Gasteiger partial charge in [-0.15, -0.1) is 0 Å². The van der Waals surface area contributed by atoms with E-state index in [0.29, 0.717) is 0 Å². The standard InChI is InChI=1S/Er.Li.Mg.Zn.3H. The number of hydrogen-bond donors (Lipinski definition) is 0. The Balaban J connectivity index is 0. The molecule has 0 aromatic carbocycles. The summed E-state index contributed by atoms with van der Waals surface area (Å²) >= 11 is 0. The molecular formula is H3ErLiMgZn. The van der Waals surface area contributed by atoms with Crippen LogP contribution in [0.5, 0.6) is 0 Å². The summed E-state index contributed by atoms with van der Waals surface area (Å²) in [4.78, 5) is 0. The van der Waals surface area contributed by atoms with E-state index < -0.39 is 0 Å². The Morgan fingerprint density at radius 1 is 1.00 bits per heavy atom. The van der Waals surface area contributed by atoms with Crippen LogP contribution < -0.4 is 0 Å². The van der Waals surface area contributed by atoms with Gasteiger partial charge in [-0.2, -0.15) is 0 Å². The molecular weight excluding hydrogens is 264 g/mol. The number of rotatable bonds is 0. The van der Waals surface area contributed by atoms with E-state index in [9.17, 15) is 0 Å². The van der Waals surface area contributed by atoms with E-state index in [2.05, 4.69) is 0 Å². The van der Waals surface area contributed by atoms with Crippen LogP contribution in [0, 0.1) is 37.3 Å². The fourth-order valence-electron chi connectivity index (χ4n) is 0. The SMILES string of the molecule is [Er].[LiH].[MgH2].[Zn]. The summed E-state index contributed by atoms with van der Waals surface area (Å²) in [5.41, 5.74) is 0. The minimum Gasteiger partial charge on any atom is 0 e. The van der Waals surface area contributed by atoms with Gasteiger partial charge in [-0.25, -0.2) is 0 Å². The molecule has 0 atom stereocenters. The van der Waals surface area contributed by atoms with Crippen molar-refractivity contribution in [1.29, 1.82) is 0 Å². The van der Waals surface area contributed by atoms with Gasteiger partial charge in [0.15, 0.2) is 0 Å². The summed E-state index contributed by atoms with van der Waals surface area (Å²) in [6.45, 7) is 0. The summed E-state index contributed by atoms with van der Waals surface area (Å²) in [6.07, 6.45) is 0. The van der Waals surface area contributed by atoms with E-state index in [1.54, 1.807) is 0 Å². The first-order chi connectivity index (χ1) is 0. The molecule has 0 aromatic heterocycles. The van der Waals surface area contributed by atoms with Crippen LogP contribution in [-0.4, -0.2) is 41.9 Å². The molecule has 0 saturated carbocycles. The average Bonchev–Trinajstić information content (AvgIpc) is 0. The molecule has 0 nitrogen and oxygen atoms in total. The van der Waals surface area contributed by atoms with Crippen molar-refractivity contribution in [3.05, 3.63) is 0 Å². The summed E-state index contributed by atoms with van der Waals surface area (Å²) in [5, 5.41) is 0. The Kier molecular flexibility index (Phi) is 110. The molecule has 4 heavy (non-hydrogen) atoms. The Labute approximate surface area is 96.5 Å². The van der Waals surface area contributed by atoms with Gasteiger partial charge in [-0.1, -0.05) is 0 Å². The molecule has 0 aliphatic rings. The maximum atomic E-state index is 0. The Hall–Kier alpha value is 3.23. The fourth-order valence-corrected chi connectivity index (χ4v) is 0. The van der Waals surface area contributed by atoms with E-state index >= 15 is 0 Å². The van der Waals surface area contributed by atoms with Gasteiger partial charge in [-0.05, 0) is 0 Å². The first kappa shape index (κ1) is 26.9. The Bertz CT molecular complexity index is 8.00. The molecule has 0 radical (unpaired) electrons. The molecule has 4 heteroatoms. The minimum absolute atomic E-state index is 0. The van der Waals surface area contributed by atoms with E-state index in [1.165, 1.54) is 0 Å². The van der Waals surface area contributed by atoms with Gasteiger partial charge in [0.2, 0.25) is 0 Å². The van der Waals surface area contributed by atoms with Crippen LogP contribution >= 0.6 is 0 Å². The predicted octanol–water partition coefficient (Wildman–Crippen LogP) is -1.57. The fraction of sp³-hybridized carbons (Fsp3) is 0. The largest absolute Gasteiger partial charge is 0.316 e. The van der Waals surface area contributed by atoms with Crippen LogP contribution in [0.15, 0.2) is 0 Å². The second kappa shape index (κ2) is 16.3. The maximum Gasteiger partial charge on any atom is 0.316 e. The molecule has 0 amide bonds. The molecule has 0 aliphatic heterocycles. The smallest absolute Gasteiger partial charge is 0 e. The van der Waals surface area contributed by atoms with Crippen molar-refractivity contribution in [3.8, 4) is 0 Å². The van der Waals surface area contributed by atoms with Gasteiger partial charge in [0.25, 0.3) is 0 Å². The van der Waals surface area contributed by atoms with Gasteiger partial charge in [0.05, 0.1) is 0 Å². The van der Waals surface area contributed by atoms with Crippen molar-refractivity contribution in [2.45, 2.75) is 0 Å². The first-order valence-electron chi connectivity index (χ1n) is 0. The molecule has 0 saturated heterocycles. The molecule has 0 bridgehead atoms. The molecule has 0 heterocycles. The second-order valence-electron chi connectivity index (χ2n) is 0. The predicted molar refractivity (Wildman–Crippen MR) is 15.7 cm³/mol. The van der Waals surface area contributed by atoms with E-state index in [4.69, 9.17) is 0 Å². The molecule has 0 spiro atoms. The molecule has 0 N–H and O–H groups in total. The van der Waals surface area contributed by atoms with E-state index in [1.807, 2.05) is 0 Å². The normalized spacial score (nSPS) is 0. The summed E-state index contributed by atoms with van der Waals surface area (Å²) < 4.78 is 0. The van der Waals surface area contributed by atoms with Crippen molar-refractivity contribution in [3.63, 3.8) is 0 Å². The van der Waals surface area contributed by atoms with Gasteiger partial charge in [-0.3, -0.25) is 0 Å². The number of hydrogen-bond acceptors (Lipinski definition) is 0. The summed E-state index contributed by atoms with van der Waals surface area (Å²) in [6, 6.07) is 0. The molecule has 0 fully saturated rings. The quantitative estimate of drug-likeness (QED) is 0.465. The summed E-state index contributed by atoms with van der Waals surface area (Å²) in [7, 11) is 0. The minimum atomic E-state index is 0. The monoisotopic (exact) mass is 264 g/mol.